The van der Waals surface area contributed by atoms with Crippen LogP contribution in [0.15, 0.2) is 48.1 Å². The van der Waals surface area contributed by atoms with Crippen LogP contribution in [0, 0.1) is 0 Å². The summed E-state index contributed by atoms with van der Waals surface area (Å²) in [5.41, 5.74) is 8.82. The molecular weight excluding hydrogens is 314 g/mol. The van der Waals surface area contributed by atoms with Crippen molar-refractivity contribution in [2.75, 3.05) is 14.2 Å². The summed E-state index contributed by atoms with van der Waals surface area (Å²) in [6.45, 7) is 0. The molecule has 0 saturated carbocycles. The van der Waals surface area contributed by atoms with Crippen molar-refractivity contribution in [1.29, 1.82) is 0 Å². The lowest BCUT2D eigenvalue weighted by molar-refractivity contribution is 0.187. The van der Waals surface area contributed by atoms with Crippen molar-refractivity contribution in [3.63, 3.8) is 0 Å². The van der Waals surface area contributed by atoms with E-state index in [9.17, 15) is 0 Å². The summed E-state index contributed by atoms with van der Waals surface area (Å²) < 4.78 is 17.2. The predicted octanol–water partition coefficient (Wildman–Crippen LogP) is 3.76. The molecule has 0 bridgehead atoms. The van der Waals surface area contributed by atoms with E-state index in [4.69, 9.17) is 19.9 Å². The van der Waals surface area contributed by atoms with Gasteiger partial charge < -0.3 is 19.9 Å². The Kier molecular flexibility index (Phi) is 4.14. The third-order valence-electron chi connectivity index (χ3n) is 5.03. The maximum atomic E-state index is 6.49. The Morgan fingerprint density at radius 3 is 2.60 bits per heavy atom. The van der Waals surface area contributed by atoms with Crippen LogP contribution in [-0.2, 0) is 6.42 Å². The number of hydrogen-bond donors (Lipinski definition) is 1. The Hall–Kier alpha value is -2.46. The van der Waals surface area contributed by atoms with Gasteiger partial charge in [0.05, 0.1) is 20.3 Å². The quantitative estimate of drug-likeness (QED) is 0.926. The summed E-state index contributed by atoms with van der Waals surface area (Å²) in [7, 11) is 3.30. The second-order valence-corrected chi connectivity index (χ2v) is 6.56. The van der Waals surface area contributed by atoms with Crippen molar-refractivity contribution in [3.8, 4) is 17.2 Å². The molecule has 0 radical (unpaired) electrons. The largest absolute Gasteiger partial charge is 0.493 e. The first-order valence-corrected chi connectivity index (χ1v) is 8.67. The van der Waals surface area contributed by atoms with E-state index in [1.54, 1.807) is 14.2 Å². The highest BCUT2D eigenvalue weighted by Gasteiger charge is 2.31. The molecule has 4 heteroatoms. The molecule has 25 heavy (non-hydrogen) atoms. The van der Waals surface area contributed by atoms with Gasteiger partial charge in [-0.3, -0.25) is 0 Å². The Balaban J connectivity index is 1.78. The summed E-state index contributed by atoms with van der Waals surface area (Å²) >= 11 is 0. The van der Waals surface area contributed by atoms with Gasteiger partial charge in [-0.25, -0.2) is 0 Å². The summed E-state index contributed by atoms with van der Waals surface area (Å²) in [5.74, 6) is 2.36. The predicted molar refractivity (Wildman–Crippen MR) is 99.6 cm³/mol. The van der Waals surface area contributed by atoms with Crippen molar-refractivity contribution in [2.45, 2.75) is 31.4 Å². The molecular formula is C21H23NO3. The highest BCUT2D eigenvalue weighted by atomic mass is 16.5. The average Bonchev–Trinajstić information content (AvgIpc) is 2.67. The Morgan fingerprint density at radius 2 is 1.88 bits per heavy atom. The van der Waals surface area contributed by atoms with Crippen LogP contribution < -0.4 is 19.9 Å². The van der Waals surface area contributed by atoms with E-state index in [0.29, 0.717) is 0 Å². The minimum atomic E-state index is -0.0818. The second kappa shape index (κ2) is 6.45. The number of fused-ring (bicyclic) bond motifs is 3. The van der Waals surface area contributed by atoms with Gasteiger partial charge in [0.1, 0.15) is 11.9 Å². The molecule has 2 atom stereocenters. The first kappa shape index (κ1) is 16.0. The van der Waals surface area contributed by atoms with Crippen LogP contribution in [0.25, 0.3) is 10.8 Å². The van der Waals surface area contributed by atoms with Gasteiger partial charge in [0.15, 0.2) is 11.5 Å². The maximum absolute atomic E-state index is 6.49. The van der Waals surface area contributed by atoms with Gasteiger partial charge in [0, 0.05) is 5.56 Å². The van der Waals surface area contributed by atoms with Crippen molar-refractivity contribution in [2.24, 2.45) is 5.73 Å². The highest BCUT2D eigenvalue weighted by Crippen LogP contribution is 2.40. The second-order valence-electron chi connectivity index (χ2n) is 6.56. The van der Waals surface area contributed by atoms with E-state index >= 15 is 0 Å². The zero-order valence-electron chi connectivity index (χ0n) is 14.6. The van der Waals surface area contributed by atoms with Gasteiger partial charge in [-0.1, -0.05) is 24.3 Å². The smallest absolute Gasteiger partial charge is 0.161 e. The number of allylic oxidation sites excluding steroid dienone is 2. The average molecular weight is 337 g/mol. The van der Waals surface area contributed by atoms with E-state index in [1.165, 1.54) is 5.57 Å². The van der Waals surface area contributed by atoms with E-state index in [1.807, 2.05) is 18.2 Å². The van der Waals surface area contributed by atoms with Crippen molar-refractivity contribution in [3.05, 3.63) is 53.6 Å². The highest BCUT2D eigenvalue weighted by molar-refractivity contribution is 5.91. The van der Waals surface area contributed by atoms with Crippen LogP contribution in [-0.4, -0.2) is 26.4 Å². The molecule has 1 aliphatic heterocycles. The molecule has 2 unspecified atom stereocenters. The zero-order valence-corrected chi connectivity index (χ0v) is 14.6. The first-order chi connectivity index (χ1) is 12.2. The van der Waals surface area contributed by atoms with Gasteiger partial charge >= 0.3 is 0 Å². The lowest BCUT2D eigenvalue weighted by atomic mass is 9.88. The Morgan fingerprint density at radius 1 is 1.08 bits per heavy atom. The van der Waals surface area contributed by atoms with Crippen LogP contribution in [0.4, 0.5) is 0 Å². The molecule has 2 aromatic rings. The number of hydrogen-bond acceptors (Lipinski definition) is 4. The molecule has 1 aliphatic carbocycles. The van der Waals surface area contributed by atoms with E-state index in [0.717, 1.165) is 52.8 Å². The fourth-order valence-corrected chi connectivity index (χ4v) is 3.74. The van der Waals surface area contributed by atoms with E-state index in [-0.39, 0.29) is 12.1 Å². The Bertz CT molecular complexity index is 869. The number of nitrogens with two attached hydrogens (primary N) is 1. The van der Waals surface area contributed by atoms with Crippen molar-refractivity contribution in [1.82, 2.24) is 0 Å². The third-order valence-corrected chi connectivity index (χ3v) is 5.03. The summed E-state index contributed by atoms with van der Waals surface area (Å²) in [6, 6.07) is 8.05. The fourth-order valence-electron chi connectivity index (χ4n) is 3.74. The summed E-state index contributed by atoms with van der Waals surface area (Å²) in [4.78, 5) is 0. The molecule has 2 aromatic carbocycles. The first-order valence-electron chi connectivity index (χ1n) is 8.67. The molecule has 130 valence electrons. The van der Waals surface area contributed by atoms with Gasteiger partial charge in [-0.05, 0) is 53.8 Å². The van der Waals surface area contributed by atoms with Crippen LogP contribution in [0.5, 0.6) is 17.2 Å². The minimum Gasteiger partial charge on any atom is -0.493 e. The molecule has 0 spiro atoms. The van der Waals surface area contributed by atoms with Gasteiger partial charge in [-0.15, -0.1) is 0 Å². The maximum Gasteiger partial charge on any atom is 0.161 e. The molecule has 0 aromatic heterocycles. The molecule has 0 amide bonds. The van der Waals surface area contributed by atoms with Crippen LogP contribution >= 0.6 is 0 Å². The summed E-state index contributed by atoms with van der Waals surface area (Å²) in [6.07, 6.45) is 9.42. The number of methoxy groups -OCH3 is 2. The third kappa shape index (κ3) is 2.76. The molecule has 0 fully saturated rings. The molecule has 0 saturated heterocycles. The number of ether oxygens (including phenoxy) is 3. The number of rotatable bonds is 3. The molecule has 1 heterocycles. The van der Waals surface area contributed by atoms with Crippen LogP contribution in [0.3, 0.4) is 0 Å². The molecule has 2 N–H and O–H groups in total. The monoisotopic (exact) mass is 337 g/mol. The van der Waals surface area contributed by atoms with Crippen LogP contribution in [0.1, 0.15) is 18.4 Å². The summed E-state index contributed by atoms with van der Waals surface area (Å²) in [5, 5.41) is 2.21. The van der Waals surface area contributed by atoms with Gasteiger partial charge in [-0.2, -0.15) is 0 Å². The van der Waals surface area contributed by atoms with Crippen molar-refractivity contribution < 1.29 is 14.2 Å². The lowest BCUT2D eigenvalue weighted by Gasteiger charge is -2.33. The number of benzene rings is 2. The van der Waals surface area contributed by atoms with Gasteiger partial charge in [0.2, 0.25) is 0 Å². The minimum absolute atomic E-state index is 0.0693. The van der Waals surface area contributed by atoms with Crippen molar-refractivity contribution >= 4 is 10.8 Å². The Labute approximate surface area is 147 Å². The van der Waals surface area contributed by atoms with E-state index in [2.05, 4.69) is 24.3 Å². The normalized spacial score (nSPS) is 22.1. The van der Waals surface area contributed by atoms with Gasteiger partial charge in [0.25, 0.3) is 0 Å². The van der Waals surface area contributed by atoms with Crippen LogP contribution in [0.2, 0.25) is 0 Å². The topological polar surface area (TPSA) is 53.7 Å². The molecule has 4 nitrogen and oxygen atoms in total. The molecule has 4 rings (SSSR count). The van der Waals surface area contributed by atoms with E-state index < -0.39 is 0 Å². The SMILES string of the molecule is COc1cc2ccc3c(c2cc1OC)CC(N)C(C1=CCCC=C1)O3. The zero-order chi connectivity index (χ0) is 17.4. The lowest BCUT2D eigenvalue weighted by Crippen LogP contribution is -2.44. The molecule has 2 aliphatic rings. The fraction of sp³-hybridized carbons (Fsp3) is 0.333. The standard InChI is InChI=1S/C21H23NO3/c1-23-19-10-14-8-9-18-16(15(14)12-20(19)24-2)11-17(22)21(25-18)13-6-4-3-5-7-13/h4,6-10,12,17,21H,3,5,11,22H2,1-2H3.